The molecule has 2 rings (SSSR count). The van der Waals surface area contributed by atoms with E-state index >= 15 is 0 Å². The maximum atomic E-state index is 11.2. The fraction of sp³-hybridized carbons (Fsp3) is 0.533. The van der Waals surface area contributed by atoms with Gasteiger partial charge in [0.15, 0.2) is 0 Å². The van der Waals surface area contributed by atoms with E-state index in [2.05, 4.69) is 9.64 Å². The molecule has 1 heterocycles. The first kappa shape index (κ1) is 14.7. The number of esters is 1. The highest BCUT2D eigenvalue weighted by Gasteiger charge is 2.21. The molecule has 1 aromatic rings. The van der Waals surface area contributed by atoms with Crippen molar-refractivity contribution in [2.45, 2.75) is 12.8 Å². The maximum absolute atomic E-state index is 11.2. The number of methoxy groups -OCH3 is 1. The van der Waals surface area contributed by atoms with Crippen LogP contribution in [0.3, 0.4) is 0 Å². The number of hydrogen-bond acceptors (Lipinski definition) is 5. The lowest BCUT2D eigenvalue weighted by Crippen LogP contribution is -2.39. The number of aromatic hydroxyl groups is 1. The molecule has 0 aliphatic carbocycles. The summed E-state index contributed by atoms with van der Waals surface area (Å²) in [5, 5.41) is 9.20. The van der Waals surface area contributed by atoms with Crippen LogP contribution in [0.1, 0.15) is 12.8 Å². The monoisotopic (exact) mass is 279 g/mol. The van der Waals surface area contributed by atoms with Gasteiger partial charge < -0.3 is 14.6 Å². The van der Waals surface area contributed by atoms with E-state index in [0.29, 0.717) is 19.1 Å². The lowest BCUT2D eigenvalue weighted by molar-refractivity contribution is -0.142. The highest BCUT2D eigenvalue weighted by Crippen LogP contribution is 2.20. The normalized spacial score (nSPS) is 16.9. The molecule has 5 nitrogen and oxygen atoms in total. The van der Waals surface area contributed by atoms with Crippen molar-refractivity contribution in [2.24, 2.45) is 5.92 Å². The van der Waals surface area contributed by atoms with Gasteiger partial charge in [0.2, 0.25) is 0 Å². The number of likely N-dealkylation sites (tertiary alicyclic amines) is 1. The smallest absolute Gasteiger partial charge is 0.319 e. The van der Waals surface area contributed by atoms with Crippen LogP contribution in [0.15, 0.2) is 24.3 Å². The van der Waals surface area contributed by atoms with Gasteiger partial charge in [-0.3, -0.25) is 9.69 Å². The Bertz CT molecular complexity index is 424. The molecule has 0 bridgehead atoms. The molecule has 110 valence electrons. The van der Waals surface area contributed by atoms with Crippen molar-refractivity contribution >= 4 is 5.97 Å². The molecule has 0 saturated carbocycles. The standard InChI is InChI=1S/C15H21NO4/c1-19-15(18)10-16-8-6-12(7-9-16)11-20-14-4-2-13(17)3-5-14/h2-5,12,17H,6-11H2,1H3. The Labute approximate surface area is 119 Å². The summed E-state index contributed by atoms with van der Waals surface area (Å²) in [5.74, 6) is 1.36. The molecule has 1 aromatic carbocycles. The van der Waals surface area contributed by atoms with Gasteiger partial charge in [0.05, 0.1) is 20.3 Å². The van der Waals surface area contributed by atoms with Gasteiger partial charge in [0.25, 0.3) is 0 Å². The number of benzene rings is 1. The van der Waals surface area contributed by atoms with Crippen molar-refractivity contribution in [2.75, 3.05) is 33.4 Å². The second kappa shape index (κ2) is 7.14. The van der Waals surface area contributed by atoms with Crippen molar-refractivity contribution in [3.05, 3.63) is 24.3 Å². The van der Waals surface area contributed by atoms with Crippen LogP contribution < -0.4 is 4.74 Å². The molecular formula is C15H21NO4. The average Bonchev–Trinajstić information content (AvgIpc) is 2.48. The summed E-state index contributed by atoms with van der Waals surface area (Å²) in [6, 6.07) is 6.77. The Hall–Kier alpha value is -1.75. The topological polar surface area (TPSA) is 59.0 Å². The van der Waals surface area contributed by atoms with Crippen LogP contribution in [0.25, 0.3) is 0 Å². The Kier molecular flexibility index (Phi) is 5.24. The Morgan fingerprint density at radius 1 is 1.30 bits per heavy atom. The number of hydrogen-bond donors (Lipinski definition) is 1. The molecule has 0 unspecified atom stereocenters. The zero-order chi connectivity index (χ0) is 14.4. The highest BCUT2D eigenvalue weighted by molar-refractivity contribution is 5.71. The summed E-state index contributed by atoms with van der Waals surface area (Å²) in [6.07, 6.45) is 2.05. The molecule has 5 heteroatoms. The van der Waals surface area contributed by atoms with E-state index in [0.717, 1.165) is 31.7 Å². The average molecular weight is 279 g/mol. The van der Waals surface area contributed by atoms with Crippen LogP contribution >= 0.6 is 0 Å². The molecular weight excluding hydrogens is 258 g/mol. The van der Waals surface area contributed by atoms with Crippen LogP contribution in [-0.4, -0.2) is 49.3 Å². The number of carbonyl (C=O) groups excluding carboxylic acids is 1. The van der Waals surface area contributed by atoms with Crippen molar-refractivity contribution in [3.8, 4) is 11.5 Å². The summed E-state index contributed by atoms with van der Waals surface area (Å²) in [7, 11) is 1.42. The number of nitrogens with zero attached hydrogens (tertiary/aromatic N) is 1. The molecule has 1 saturated heterocycles. The Morgan fingerprint density at radius 2 is 1.95 bits per heavy atom. The van der Waals surface area contributed by atoms with Crippen LogP contribution in [0.4, 0.5) is 0 Å². The fourth-order valence-electron chi connectivity index (χ4n) is 2.31. The lowest BCUT2D eigenvalue weighted by Gasteiger charge is -2.30. The zero-order valence-corrected chi connectivity index (χ0v) is 11.7. The Morgan fingerprint density at radius 3 is 2.55 bits per heavy atom. The summed E-state index contributed by atoms with van der Waals surface area (Å²) in [4.78, 5) is 13.3. The third-order valence-corrected chi connectivity index (χ3v) is 3.61. The molecule has 0 atom stereocenters. The van der Waals surface area contributed by atoms with Crippen molar-refractivity contribution in [1.29, 1.82) is 0 Å². The summed E-state index contributed by atoms with van der Waals surface area (Å²) in [6.45, 7) is 2.86. The molecule has 0 amide bonds. The Balaban J connectivity index is 1.69. The summed E-state index contributed by atoms with van der Waals surface area (Å²) < 4.78 is 10.4. The number of ether oxygens (including phenoxy) is 2. The number of phenolic OH excluding ortho intramolecular Hbond substituents is 1. The second-order valence-electron chi connectivity index (χ2n) is 5.10. The first-order valence-corrected chi connectivity index (χ1v) is 6.88. The van der Waals surface area contributed by atoms with Gasteiger partial charge in [-0.1, -0.05) is 0 Å². The largest absolute Gasteiger partial charge is 0.508 e. The first-order chi connectivity index (χ1) is 9.67. The van der Waals surface area contributed by atoms with Gasteiger partial charge in [-0.15, -0.1) is 0 Å². The van der Waals surface area contributed by atoms with Gasteiger partial charge in [-0.25, -0.2) is 0 Å². The summed E-state index contributed by atoms with van der Waals surface area (Å²) in [5.41, 5.74) is 0. The van der Waals surface area contributed by atoms with Gasteiger partial charge in [0, 0.05) is 0 Å². The van der Waals surface area contributed by atoms with Gasteiger partial charge in [-0.05, 0) is 56.1 Å². The van der Waals surface area contributed by atoms with E-state index in [4.69, 9.17) is 4.74 Å². The molecule has 0 spiro atoms. The maximum Gasteiger partial charge on any atom is 0.319 e. The highest BCUT2D eigenvalue weighted by atomic mass is 16.5. The predicted octanol–water partition coefficient (Wildman–Crippen LogP) is 1.66. The zero-order valence-electron chi connectivity index (χ0n) is 11.7. The van der Waals surface area contributed by atoms with E-state index < -0.39 is 0 Å². The number of phenols is 1. The minimum atomic E-state index is -0.177. The van der Waals surface area contributed by atoms with Crippen molar-refractivity contribution < 1.29 is 19.4 Å². The van der Waals surface area contributed by atoms with Crippen LogP contribution in [-0.2, 0) is 9.53 Å². The van der Waals surface area contributed by atoms with Gasteiger partial charge in [-0.2, -0.15) is 0 Å². The van der Waals surface area contributed by atoms with Crippen LogP contribution in [0.5, 0.6) is 11.5 Å². The van der Waals surface area contributed by atoms with E-state index in [1.54, 1.807) is 24.3 Å². The quantitative estimate of drug-likeness (QED) is 0.831. The minimum absolute atomic E-state index is 0.177. The molecule has 1 aliphatic rings. The summed E-state index contributed by atoms with van der Waals surface area (Å²) >= 11 is 0. The van der Waals surface area contributed by atoms with Gasteiger partial charge in [0.1, 0.15) is 11.5 Å². The van der Waals surface area contributed by atoms with E-state index in [-0.39, 0.29) is 11.7 Å². The molecule has 0 aromatic heterocycles. The molecule has 0 radical (unpaired) electrons. The van der Waals surface area contributed by atoms with Crippen molar-refractivity contribution in [1.82, 2.24) is 4.90 Å². The first-order valence-electron chi connectivity index (χ1n) is 6.88. The second-order valence-corrected chi connectivity index (χ2v) is 5.10. The number of piperidine rings is 1. The minimum Gasteiger partial charge on any atom is -0.508 e. The van der Waals surface area contributed by atoms with Crippen LogP contribution in [0, 0.1) is 5.92 Å². The van der Waals surface area contributed by atoms with Crippen molar-refractivity contribution in [3.63, 3.8) is 0 Å². The van der Waals surface area contributed by atoms with E-state index in [1.165, 1.54) is 7.11 Å². The number of rotatable bonds is 5. The predicted molar refractivity (Wildman–Crippen MR) is 74.8 cm³/mol. The third kappa shape index (κ3) is 4.42. The van der Waals surface area contributed by atoms with E-state index in [9.17, 15) is 9.90 Å². The molecule has 1 fully saturated rings. The fourth-order valence-corrected chi connectivity index (χ4v) is 2.31. The lowest BCUT2D eigenvalue weighted by atomic mass is 9.98. The van der Waals surface area contributed by atoms with E-state index in [1.807, 2.05) is 0 Å². The number of carbonyl (C=O) groups is 1. The molecule has 1 aliphatic heterocycles. The molecule has 20 heavy (non-hydrogen) atoms. The van der Waals surface area contributed by atoms with Gasteiger partial charge >= 0.3 is 5.97 Å². The molecule has 1 N–H and O–H groups in total. The van der Waals surface area contributed by atoms with Crippen LogP contribution in [0.2, 0.25) is 0 Å². The third-order valence-electron chi connectivity index (χ3n) is 3.61. The SMILES string of the molecule is COC(=O)CN1CCC(COc2ccc(O)cc2)CC1.